The molecule has 2 aliphatic rings. The Kier molecular flexibility index (Phi) is 5.30. The fraction of sp³-hybridized carbons (Fsp3) is 0.500. The third-order valence-corrected chi connectivity index (χ3v) is 5.73. The van der Waals surface area contributed by atoms with Crippen LogP contribution in [0, 0.1) is 5.92 Å². The second kappa shape index (κ2) is 7.89. The predicted octanol–water partition coefficient (Wildman–Crippen LogP) is 4.23. The third kappa shape index (κ3) is 4.28. The molecule has 0 spiro atoms. The van der Waals surface area contributed by atoms with Gasteiger partial charge in [0.25, 0.3) is 0 Å². The molecule has 0 bridgehead atoms. The van der Waals surface area contributed by atoms with Gasteiger partial charge in [-0.1, -0.05) is 13.8 Å². The highest BCUT2D eigenvalue weighted by Gasteiger charge is 2.32. The van der Waals surface area contributed by atoms with E-state index in [1.807, 2.05) is 19.9 Å². The van der Waals surface area contributed by atoms with Crippen molar-refractivity contribution in [2.24, 2.45) is 5.92 Å². The van der Waals surface area contributed by atoms with Crippen molar-refractivity contribution >= 4 is 17.6 Å². The minimum Gasteiger partial charge on any atom is -0.507 e. The molecular formula is C22H28N4O3. The minimum atomic E-state index is -0.210. The lowest BCUT2D eigenvalue weighted by atomic mass is 10.0. The molecule has 1 aromatic carbocycles. The molecule has 7 nitrogen and oxygen atoms in total. The van der Waals surface area contributed by atoms with Gasteiger partial charge in [-0.15, -0.1) is 0 Å². The number of amides is 2. The maximum Gasteiger partial charge on any atom is 0.342 e. The van der Waals surface area contributed by atoms with Crippen molar-refractivity contribution in [1.29, 1.82) is 0 Å². The Morgan fingerprint density at radius 2 is 1.90 bits per heavy atom. The third-order valence-electron chi connectivity index (χ3n) is 5.73. The molecule has 0 unspecified atom stereocenters. The Bertz CT molecular complexity index is 924. The van der Waals surface area contributed by atoms with E-state index in [0.29, 0.717) is 22.9 Å². The van der Waals surface area contributed by atoms with Crippen LogP contribution in [0.4, 0.5) is 10.5 Å². The number of nitrogens with zero attached hydrogens (tertiary/aromatic N) is 2. The first-order valence-corrected chi connectivity index (χ1v) is 10.5. The van der Waals surface area contributed by atoms with Crippen molar-refractivity contribution < 1.29 is 14.7 Å². The summed E-state index contributed by atoms with van der Waals surface area (Å²) in [6.45, 7) is 3.99. The first-order chi connectivity index (χ1) is 14.0. The van der Waals surface area contributed by atoms with Crippen molar-refractivity contribution in [2.45, 2.75) is 64.3 Å². The Labute approximate surface area is 170 Å². The first kappa shape index (κ1) is 19.5. The van der Waals surface area contributed by atoms with E-state index in [9.17, 15) is 14.7 Å². The van der Waals surface area contributed by atoms with Crippen molar-refractivity contribution in [3.63, 3.8) is 0 Å². The predicted molar refractivity (Wildman–Crippen MR) is 111 cm³/mol. The lowest BCUT2D eigenvalue weighted by Gasteiger charge is -2.13. The average molecular weight is 396 g/mol. The van der Waals surface area contributed by atoms with Crippen LogP contribution >= 0.6 is 0 Å². The summed E-state index contributed by atoms with van der Waals surface area (Å²) in [5, 5.41) is 20.8. The van der Waals surface area contributed by atoms with Crippen LogP contribution in [0.5, 0.6) is 5.75 Å². The van der Waals surface area contributed by atoms with Crippen molar-refractivity contribution in [3.8, 4) is 17.0 Å². The molecule has 154 valence electrons. The number of phenols is 1. The van der Waals surface area contributed by atoms with Gasteiger partial charge in [-0.2, -0.15) is 9.78 Å². The number of hydrogen-bond acceptors (Lipinski definition) is 4. The van der Waals surface area contributed by atoms with Gasteiger partial charge < -0.3 is 15.7 Å². The number of aromatic nitrogens is 2. The monoisotopic (exact) mass is 396 g/mol. The Morgan fingerprint density at radius 1 is 1.17 bits per heavy atom. The molecule has 0 radical (unpaired) electrons. The van der Waals surface area contributed by atoms with Crippen LogP contribution in [0.3, 0.4) is 0 Å². The summed E-state index contributed by atoms with van der Waals surface area (Å²) in [7, 11) is 0. The lowest BCUT2D eigenvalue weighted by Crippen LogP contribution is -2.32. The zero-order chi connectivity index (χ0) is 20.5. The van der Waals surface area contributed by atoms with Crippen LogP contribution in [-0.2, 0) is 4.79 Å². The van der Waals surface area contributed by atoms with E-state index in [1.54, 1.807) is 18.2 Å². The highest BCUT2D eigenvalue weighted by atomic mass is 16.3. The topological polar surface area (TPSA) is 96.2 Å². The minimum absolute atomic E-state index is 0.0281. The van der Waals surface area contributed by atoms with Crippen LogP contribution in [0.15, 0.2) is 24.3 Å². The van der Waals surface area contributed by atoms with E-state index in [2.05, 4.69) is 15.7 Å². The van der Waals surface area contributed by atoms with Crippen LogP contribution in [-0.4, -0.2) is 32.9 Å². The molecule has 0 atom stereocenters. The smallest absolute Gasteiger partial charge is 0.342 e. The number of phenolic OH excluding ortho intramolecular Hbond substituents is 1. The molecule has 0 saturated heterocycles. The van der Waals surface area contributed by atoms with Gasteiger partial charge in [-0.3, -0.25) is 4.79 Å². The van der Waals surface area contributed by atoms with Crippen molar-refractivity contribution in [3.05, 3.63) is 30.0 Å². The molecule has 2 aromatic rings. The number of benzene rings is 1. The Balaban J connectivity index is 1.62. The normalized spacial score (nSPS) is 16.1. The first-order valence-electron chi connectivity index (χ1n) is 10.5. The van der Waals surface area contributed by atoms with E-state index < -0.39 is 0 Å². The summed E-state index contributed by atoms with van der Waals surface area (Å²) in [6.07, 6.45) is 5.66. The lowest BCUT2D eigenvalue weighted by molar-refractivity contribution is -0.120. The number of hydrogen-bond donors (Lipinski definition) is 3. The second-order valence-electron chi connectivity index (χ2n) is 8.10. The molecule has 29 heavy (non-hydrogen) atoms. The molecule has 1 aromatic heterocycles. The quantitative estimate of drug-likeness (QED) is 0.610. The maximum atomic E-state index is 12.6. The molecule has 2 aliphatic carbocycles. The van der Waals surface area contributed by atoms with Gasteiger partial charge in [0.15, 0.2) is 0 Å². The molecule has 2 fully saturated rings. The van der Waals surface area contributed by atoms with Crippen molar-refractivity contribution in [1.82, 2.24) is 15.1 Å². The average Bonchev–Trinajstić information content (AvgIpc) is 3.64. The van der Waals surface area contributed by atoms with Gasteiger partial charge in [0.05, 0.1) is 11.4 Å². The summed E-state index contributed by atoms with van der Waals surface area (Å²) >= 11 is 0. The number of rotatable bonds is 7. The van der Waals surface area contributed by atoms with Gasteiger partial charge in [0.1, 0.15) is 5.75 Å². The number of nitrogens with one attached hydrogen (secondary N) is 2. The van der Waals surface area contributed by atoms with Gasteiger partial charge in [-0.25, -0.2) is 4.79 Å². The summed E-state index contributed by atoms with van der Waals surface area (Å²) in [4.78, 5) is 25.0. The fourth-order valence-corrected chi connectivity index (χ4v) is 3.55. The van der Waals surface area contributed by atoms with E-state index in [1.165, 1.54) is 4.68 Å². The van der Waals surface area contributed by atoms with E-state index in [-0.39, 0.29) is 29.6 Å². The molecule has 2 amide bonds. The number of anilines is 1. The molecule has 3 N–H and O–H groups in total. The van der Waals surface area contributed by atoms with E-state index in [0.717, 1.165) is 44.2 Å². The van der Waals surface area contributed by atoms with E-state index >= 15 is 0 Å². The highest BCUT2D eigenvalue weighted by Crippen LogP contribution is 2.42. The highest BCUT2D eigenvalue weighted by molar-refractivity contribution is 5.93. The molecular weight excluding hydrogens is 368 g/mol. The number of aromatic hydroxyl groups is 1. The Hall–Kier alpha value is -2.83. The van der Waals surface area contributed by atoms with Crippen molar-refractivity contribution in [2.75, 3.05) is 5.32 Å². The second-order valence-corrected chi connectivity index (χ2v) is 8.10. The summed E-state index contributed by atoms with van der Waals surface area (Å²) in [5.74, 6) is 0.333. The molecule has 4 rings (SSSR count). The maximum absolute atomic E-state index is 12.6. The fourth-order valence-electron chi connectivity index (χ4n) is 3.55. The van der Waals surface area contributed by atoms with Crippen LogP contribution < -0.4 is 10.6 Å². The number of carbonyl (C=O) groups is 2. The number of carbonyl (C=O) groups excluding carboxylic acids is 2. The van der Waals surface area contributed by atoms with Gasteiger partial charge in [0.2, 0.25) is 5.91 Å². The standard InChI is InChI=1S/C22H28N4O3/c1-3-13(4-2)21(28)23-16-9-10-20(27)17(11-16)18-12-19(14-5-6-14)26(25-18)22(29)24-15-7-8-15/h9-15,27H,3-8H2,1-2H3,(H,23,28)(H,24,29). The summed E-state index contributed by atoms with van der Waals surface area (Å²) in [5.41, 5.74) is 2.53. The summed E-state index contributed by atoms with van der Waals surface area (Å²) in [6, 6.07) is 6.87. The van der Waals surface area contributed by atoms with Crippen LogP contribution in [0.2, 0.25) is 0 Å². The Morgan fingerprint density at radius 3 is 2.52 bits per heavy atom. The van der Waals surface area contributed by atoms with Crippen LogP contribution in [0.1, 0.15) is 64.0 Å². The van der Waals surface area contributed by atoms with Crippen LogP contribution in [0.25, 0.3) is 11.3 Å². The molecule has 0 aliphatic heterocycles. The molecule has 2 saturated carbocycles. The molecule has 1 heterocycles. The zero-order valence-electron chi connectivity index (χ0n) is 16.9. The largest absolute Gasteiger partial charge is 0.507 e. The zero-order valence-corrected chi connectivity index (χ0v) is 16.9. The van der Waals surface area contributed by atoms with Gasteiger partial charge in [-0.05, 0) is 62.8 Å². The molecule has 7 heteroatoms. The summed E-state index contributed by atoms with van der Waals surface area (Å²) < 4.78 is 1.44. The van der Waals surface area contributed by atoms with Gasteiger partial charge in [0, 0.05) is 29.1 Å². The SMILES string of the molecule is CCC(CC)C(=O)Nc1ccc(O)c(-c2cc(C3CC3)n(C(=O)NC3CC3)n2)c1. The van der Waals surface area contributed by atoms with Gasteiger partial charge >= 0.3 is 6.03 Å². The van der Waals surface area contributed by atoms with E-state index in [4.69, 9.17) is 0 Å².